The van der Waals surface area contributed by atoms with Gasteiger partial charge in [-0.15, -0.1) is 0 Å². The molecule has 1 fully saturated rings. The second-order valence-electron chi connectivity index (χ2n) is 7.82. The molecule has 0 N–H and O–H groups in total. The minimum atomic E-state index is 0.0997. The molecule has 0 atom stereocenters. The van der Waals surface area contributed by atoms with Gasteiger partial charge in [-0.25, -0.2) is 0 Å². The Morgan fingerprint density at radius 3 is 2.48 bits per heavy atom. The molecule has 0 aromatic heterocycles. The molecular weight excluding hydrogens is 334 g/mol. The molecule has 1 saturated carbocycles. The molecule has 0 spiro atoms. The van der Waals surface area contributed by atoms with E-state index in [4.69, 9.17) is 0 Å². The second kappa shape index (κ2) is 6.76. The number of fused-ring (bicyclic) bond motifs is 1. The second-order valence-corrected chi connectivity index (χ2v) is 7.82. The number of rotatable bonds is 3. The lowest BCUT2D eigenvalue weighted by molar-refractivity contribution is 0.0779. The molecule has 1 heterocycles. The molecule has 1 aliphatic heterocycles. The van der Waals surface area contributed by atoms with E-state index in [2.05, 4.69) is 55.3 Å². The normalized spacial score (nSPS) is 16.4. The average molecular weight is 361 g/mol. The first-order chi connectivity index (χ1) is 13.0. The van der Waals surface area contributed by atoms with Gasteiger partial charge in [0, 0.05) is 26.8 Å². The van der Waals surface area contributed by atoms with Crippen LogP contribution >= 0.6 is 0 Å². The van der Waals surface area contributed by atoms with Crippen molar-refractivity contribution in [1.82, 2.24) is 4.90 Å². The molecule has 2 aliphatic rings. The number of carbonyl (C=O) groups is 1. The van der Waals surface area contributed by atoms with Crippen molar-refractivity contribution in [3.05, 3.63) is 70.5 Å². The highest BCUT2D eigenvalue weighted by molar-refractivity contribution is 6.04. The van der Waals surface area contributed by atoms with E-state index in [1.807, 2.05) is 30.0 Å². The van der Waals surface area contributed by atoms with E-state index < -0.39 is 0 Å². The molecule has 0 saturated heterocycles. The van der Waals surface area contributed by atoms with Crippen molar-refractivity contribution in [2.45, 2.75) is 32.7 Å². The summed E-state index contributed by atoms with van der Waals surface area (Å²) < 4.78 is 0. The van der Waals surface area contributed by atoms with Gasteiger partial charge in [0.15, 0.2) is 0 Å². The number of anilines is 2. The predicted octanol–water partition coefficient (Wildman–Crippen LogP) is 4.55. The predicted molar refractivity (Wildman–Crippen MR) is 111 cm³/mol. The third-order valence-electron chi connectivity index (χ3n) is 5.60. The molecule has 27 heavy (non-hydrogen) atoms. The lowest BCUT2D eigenvalue weighted by atomic mass is 9.90. The third-order valence-corrected chi connectivity index (χ3v) is 5.60. The van der Waals surface area contributed by atoms with Crippen LogP contribution in [0.3, 0.4) is 0 Å². The fourth-order valence-electron chi connectivity index (χ4n) is 3.95. The van der Waals surface area contributed by atoms with Crippen molar-refractivity contribution in [3.8, 4) is 0 Å². The molecule has 0 radical (unpaired) electrons. The van der Waals surface area contributed by atoms with Gasteiger partial charge in [0.05, 0.1) is 17.8 Å². The van der Waals surface area contributed by atoms with Crippen LogP contribution in [-0.4, -0.2) is 32.0 Å². The number of hydrogen-bond acceptors (Lipinski definition) is 3. The topological polar surface area (TPSA) is 26.8 Å². The molecule has 0 bridgehead atoms. The van der Waals surface area contributed by atoms with Crippen LogP contribution in [0.5, 0.6) is 0 Å². The summed E-state index contributed by atoms with van der Waals surface area (Å²) in [5, 5.41) is 0. The monoisotopic (exact) mass is 361 g/mol. The van der Waals surface area contributed by atoms with Crippen LogP contribution in [0.2, 0.25) is 0 Å². The average Bonchev–Trinajstić information content (AvgIpc) is 2.60. The van der Waals surface area contributed by atoms with E-state index in [0.29, 0.717) is 6.54 Å². The molecule has 1 aliphatic carbocycles. The zero-order valence-electron chi connectivity index (χ0n) is 16.6. The van der Waals surface area contributed by atoms with Crippen LogP contribution in [0, 0.1) is 6.92 Å². The van der Waals surface area contributed by atoms with Gasteiger partial charge >= 0.3 is 0 Å². The molecule has 1 amide bonds. The van der Waals surface area contributed by atoms with Crippen molar-refractivity contribution in [2.24, 2.45) is 0 Å². The van der Waals surface area contributed by atoms with Gasteiger partial charge in [0.25, 0.3) is 5.91 Å². The summed E-state index contributed by atoms with van der Waals surface area (Å²) in [7, 11) is 6.10. The standard InChI is InChI=1S/C23H27N3O/c1-16-7-5-8-17(13-16)15-26-22(18-9-6-10-18)25(4)21-12-11-19(24(2)3)14-20(21)23(26)27/h5,7-8,11-14H,6,9-10,15H2,1-4H3. The van der Waals surface area contributed by atoms with Crippen molar-refractivity contribution < 1.29 is 4.79 Å². The lowest BCUT2D eigenvalue weighted by Crippen LogP contribution is -2.44. The Balaban J connectivity index is 1.80. The molecule has 2 aromatic carbocycles. The molecular formula is C23H27N3O. The highest BCUT2D eigenvalue weighted by atomic mass is 16.2. The summed E-state index contributed by atoms with van der Waals surface area (Å²) in [6.07, 6.45) is 3.39. The first kappa shape index (κ1) is 17.7. The van der Waals surface area contributed by atoms with Crippen LogP contribution in [0.25, 0.3) is 0 Å². The maximum atomic E-state index is 13.5. The summed E-state index contributed by atoms with van der Waals surface area (Å²) >= 11 is 0. The summed E-state index contributed by atoms with van der Waals surface area (Å²) in [6.45, 7) is 2.70. The number of amides is 1. The fourth-order valence-corrected chi connectivity index (χ4v) is 3.95. The number of carbonyl (C=O) groups excluding carboxylic acids is 1. The third kappa shape index (κ3) is 3.09. The van der Waals surface area contributed by atoms with Crippen LogP contribution in [0.4, 0.5) is 11.4 Å². The van der Waals surface area contributed by atoms with Crippen LogP contribution in [0.15, 0.2) is 53.9 Å². The summed E-state index contributed by atoms with van der Waals surface area (Å²) in [5.41, 5.74) is 6.60. The molecule has 2 aromatic rings. The van der Waals surface area contributed by atoms with Gasteiger partial charge in [-0.3, -0.25) is 9.69 Å². The Hall–Kier alpha value is -2.75. The number of benzene rings is 2. The molecule has 4 rings (SSSR count). The SMILES string of the molecule is Cc1cccc(CN2C(=O)c3cc(N(C)C)ccc3N(C)C2=C2CCC2)c1. The summed E-state index contributed by atoms with van der Waals surface area (Å²) in [6, 6.07) is 14.6. The Kier molecular flexibility index (Phi) is 4.42. The first-order valence-electron chi connectivity index (χ1n) is 9.60. The van der Waals surface area contributed by atoms with Gasteiger partial charge in [-0.1, -0.05) is 29.8 Å². The maximum absolute atomic E-state index is 13.5. The minimum Gasteiger partial charge on any atom is -0.378 e. The highest BCUT2D eigenvalue weighted by Crippen LogP contribution is 2.40. The van der Waals surface area contributed by atoms with Gasteiger partial charge in [-0.05, 0) is 55.5 Å². The Morgan fingerprint density at radius 1 is 1.07 bits per heavy atom. The molecule has 4 nitrogen and oxygen atoms in total. The summed E-state index contributed by atoms with van der Waals surface area (Å²) in [4.78, 5) is 19.8. The van der Waals surface area contributed by atoms with Gasteiger partial charge in [-0.2, -0.15) is 0 Å². The molecule has 0 unspecified atom stereocenters. The smallest absolute Gasteiger partial charge is 0.261 e. The van der Waals surface area contributed by atoms with Crippen molar-refractivity contribution in [3.63, 3.8) is 0 Å². The zero-order valence-corrected chi connectivity index (χ0v) is 16.6. The Morgan fingerprint density at radius 2 is 1.85 bits per heavy atom. The van der Waals surface area contributed by atoms with E-state index in [1.165, 1.54) is 23.1 Å². The number of allylic oxidation sites excluding steroid dienone is 1. The Labute approximate surface area is 161 Å². The van der Waals surface area contributed by atoms with E-state index in [9.17, 15) is 4.79 Å². The van der Waals surface area contributed by atoms with Crippen molar-refractivity contribution in [1.29, 1.82) is 0 Å². The van der Waals surface area contributed by atoms with Crippen LogP contribution < -0.4 is 9.80 Å². The van der Waals surface area contributed by atoms with E-state index in [-0.39, 0.29) is 5.91 Å². The molecule has 140 valence electrons. The fraction of sp³-hybridized carbons (Fsp3) is 0.348. The van der Waals surface area contributed by atoms with Gasteiger partial charge in [0.1, 0.15) is 5.82 Å². The van der Waals surface area contributed by atoms with Crippen molar-refractivity contribution >= 4 is 17.3 Å². The summed E-state index contributed by atoms with van der Waals surface area (Å²) in [5.74, 6) is 1.18. The number of aryl methyl sites for hydroxylation is 1. The minimum absolute atomic E-state index is 0.0997. The maximum Gasteiger partial charge on any atom is 0.261 e. The van der Waals surface area contributed by atoms with E-state index in [0.717, 1.165) is 35.6 Å². The van der Waals surface area contributed by atoms with Crippen LogP contribution in [0.1, 0.15) is 40.7 Å². The number of hydrogen-bond donors (Lipinski definition) is 0. The van der Waals surface area contributed by atoms with Gasteiger partial charge < -0.3 is 9.80 Å². The Bertz CT molecular complexity index is 923. The van der Waals surface area contributed by atoms with E-state index in [1.54, 1.807) is 0 Å². The molecule has 4 heteroatoms. The lowest BCUT2D eigenvalue weighted by Gasteiger charge is -2.42. The zero-order chi connectivity index (χ0) is 19.1. The first-order valence-corrected chi connectivity index (χ1v) is 9.60. The van der Waals surface area contributed by atoms with E-state index >= 15 is 0 Å². The number of nitrogens with zero attached hydrogens (tertiary/aromatic N) is 3. The van der Waals surface area contributed by atoms with Gasteiger partial charge in [0.2, 0.25) is 0 Å². The van der Waals surface area contributed by atoms with Crippen LogP contribution in [-0.2, 0) is 6.54 Å². The van der Waals surface area contributed by atoms with Crippen molar-refractivity contribution in [2.75, 3.05) is 30.9 Å². The largest absolute Gasteiger partial charge is 0.378 e. The quantitative estimate of drug-likeness (QED) is 0.802. The highest BCUT2D eigenvalue weighted by Gasteiger charge is 2.35.